The Labute approximate surface area is 83.4 Å². The molecular formula is C12H11N2. The Kier molecular flexibility index (Phi) is 2.45. The number of nitrogen functional groups attached to an aromatic ring is 1. The first-order valence-electron chi connectivity index (χ1n) is 4.49. The van der Waals surface area contributed by atoms with E-state index in [1.54, 1.807) is 12.4 Å². The molecule has 2 nitrogen and oxygen atoms in total. The van der Waals surface area contributed by atoms with Gasteiger partial charge in [-0.05, 0) is 47.9 Å². The second kappa shape index (κ2) is 3.92. The maximum absolute atomic E-state index is 5.68. The summed E-state index contributed by atoms with van der Waals surface area (Å²) in [4.78, 5) is 3.97. The minimum Gasteiger partial charge on any atom is -0.399 e. The van der Waals surface area contributed by atoms with E-state index < -0.39 is 0 Å². The summed E-state index contributed by atoms with van der Waals surface area (Å²) >= 11 is 0. The van der Waals surface area contributed by atoms with Crippen LogP contribution in [0.4, 0.5) is 5.69 Å². The third-order valence-corrected chi connectivity index (χ3v) is 2.03. The minimum absolute atomic E-state index is 0.785. The maximum atomic E-state index is 5.68. The Morgan fingerprint density at radius 1 is 1.21 bits per heavy atom. The highest BCUT2D eigenvalue weighted by atomic mass is 14.6. The molecule has 2 heteroatoms. The third kappa shape index (κ3) is 2.10. The molecule has 0 fully saturated rings. The van der Waals surface area contributed by atoms with E-state index in [9.17, 15) is 0 Å². The first-order valence-corrected chi connectivity index (χ1v) is 4.49. The molecule has 0 unspecified atom stereocenters. The van der Waals surface area contributed by atoms with Crippen LogP contribution in [0, 0.1) is 6.07 Å². The summed E-state index contributed by atoms with van der Waals surface area (Å²) in [6.45, 7) is 0. The Bertz CT molecular complexity index is 410. The molecule has 2 rings (SSSR count). The number of aromatic nitrogens is 1. The first kappa shape index (κ1) is 8.75. The van der Waals surface area contributed by atoms with Crippen LogP contribution in [0.3, 0.4) is 0 Å². The van der Waals surface area contributed by atoms with E-state index in [1.807, 2.05) is 30.3 Å². The molecule has 0 bridgehead atoms. The van der Waals surface area contributed by atoms with Crippen LogP contribution in [-0.4, -0.2) is 4.98 Å². The molecule has 0 saturated heterocycles. The highest BCUT2D eigenvalue weighted by Crippen LogP contribution is 2.10. The topological polar surface area (TPSA) is 38.9 Å². The van der Waals surface area contributed by atoms with Crippen molar-refractivity contribution in [1.82, 2.24) is 4.98 Å². The van der Waals surface area contributed by atoms with Crippen LogP contribution < -0.4 is 5.73 Å². The number of nitrogens with zero attached hydrogens (tertiary/aromatic N) is 1. The number of nitrogens with two attached hydrogens (primary N) is 1. The van der Waals surface area contributed by atoms with Gasteiger partial charge in [0.1, 0.15) is 0 Å². The van der Waals surface area contributed by atoms with Crippen molar-refractivity contribution in [3.05, 3.63) is 59.9 Å². The van der Waals surface area contributed by atoms with Gasteiger partial charge >= 0.3 is 0 Å². The van der Waals surface area contributed by atoms with Crippen molar-refractivity contribution < 1.29 is 0 Å². The first-order chi connectivity index (χ1) is 6.84. The summed E-state index contributed by atoms with van der Waals surface area (Å²) in [7, 11) is 0. The summed E-state index contributed by atoms with van der Waals surface area (Å²) < 4.78 is 0. The van der Waals surface area contributed by atoms with E-state index in [1.165, 1.54) is 5.56 Å². The fourth-order valence-electron chi connectivity index (χ4n) is 1.36. The van der Waals surface area contributed by atoms with Crippen molar-refractivity contribution >= 4 is 5.69 Å². The van der Waals surface area contributed by atoms with Gasteiger partial charge in [-0.2, -0.15) is 0 Å². The van der Waals surface area contributed by atoms with Crippen LogP contribution in [0.15, 0.2) is 42.7 Å². The van der Waals surface area contributed by atoms with Gasteiger partial charge in [0.2, 0.25) is 0 Å². The Morgan fingerprint density at radius 3 is 2.71 bits per heavy atom. The molecule has 0 amide bonds. The molecule has 2 N–H and O–H groups in total. The molecule has 1 heterocycles. The predicted octanol–water partition coefficient (Wildman–Crippen LogP) is 2.05. The van der Waals surface area contributed by atoms with Gasteiger partial charge in [0, 0.05) is 18.1 Å². The Hall–Kier alpha value is -1.83. The van der Waals surface area contributed by atoms with Gasteiger partial charge in [-0.25, -0.2) is 0 Å². The van der Waals surface area contributed by atoms with Crippen LogP contribution in [0.2, 0.25) is 0 Å². The molecule has 1 aromatic carbocycles. The Morgan fingerprint density at radius 2 is 2.00 bits per heavy atom. The lowest BCUT2D eigenvalue weighted by Gasteiger charge is -2.01. The number of hydrogen-bond acceptors (Lipinski definition) is 2. The van der Waals surface area contributed by atoms with Gasteiger partial charge in [-0.15, -0.1) is 0 Å². The summed E-state index contributed by atoms with van der Waals surface area (Å²) in [5, 5.41) is 0. The van der Waals surface area contributed by atoms with Crippen LogP contribution in [0.5, 0.6) is 0 Å². The van der Waals surface area contributed by atoms with Crippen molar-refractivity contribution in [3.63, 3.8) is 0 Å². The SMILES string of the molecule is Nc1cc[c]c(Cc2ccncc2)c1. The van der Waals surface area contributed by atoms with Crippen LogP contribution in [-0.2, 0) is 6.42 Å². The second-order valence-electron chi connectivity index (χ2n) is 3.18. The smallest absolute Gasteiger partial charge is 0.0317 e. The van der Waals surface area contributed by atoms with Gasteiger partial charge < -0.3 is 5.73 Å². The zero-order valence-corrected chi connectivity index (χ0v) is 7.77. The van der Waals surface area contributed by atoms with Crippen molar-refractivity contribution in [2.24, 2.45) is 0 Å². The van der Waals surface area contributed by atoms with Crippen molar-refractivity contribution in [2.45, 2.75) is 6.42 Å². The van der Waals surface area contributed by atoms with Crippen LogP contribution in [0.25, 0.3) is 0 Å². The molecule has 0 atom stereocenters. The summed E-state index contributed by atoms with van der Waals surface area (Å²) in [6.07, 6.45) is 4.44. The molecule has 14 heavy (non-hydrogen) atoms. The number of pyridine rings is 1. The molecule has 1 aromatic heterocycles. The van der Waals surface area contributed by atoms with E-state index in [2.05, 4.69) is 11.1 Å². The van der Waals surface area contributed by atoms with Crippen molar-refractivity contribution in [1.29, 1.82) is 0 Å². The predicted molar refractivity (Wildman–Crippen MR) is 56.7 cm³/mol. The van der Waals surface area contributed by atoms with E-state index in [0.29, 0.717) is 0 Å². The number of benzene rings is 1. The van der Waals surface area contributed by atoms with Gasteiger partial charge in [0.05, 0.1) is 0 Å². The number of rotatable bonds is 2. The van der Waals surface area contributed by atoms with Gasteiger partial charge in [-0.1, -0.05) is 6.07 Å². The monoisotopic (exact) mass is 183 g/mol. The molecule has 0 aliphatic rings. The molecule has 2 aromatic rings. The van der Waals surface area contributed by atoms with E-state index in [0.717, 1.165) is 17.7 Å². The highest BCUT2D eigenvalue weighted by Gasteiger charge is 1.96. The average Bonchev–Trinajstić information content (AvgIpc) is 2.19. The molecule has 1 radical (unpaired) electrons. The van der Waals surface area contributed by atoms with Gasteiger partial charge in [0.25, 0.3) is 0 Å². The van der Waals surface area contributed by atoms with Gasteiger partial charge in [0.15, 0.2) is 0 Å². The van der Waals surface area contributed by atoms with Crippen LogP contribution >= 0.6 is 0 Å². The lowest BCUT2D eigenvalue weighted by Crippen LogP contribution is -1.91. The average molecular weight is 183 g/mol. The van der Waals surface area contributed by atoms with Gasteiger partial charge in [-0.3, -0.25) is 4.98 Å². The highest BCUT2D eigenvalue weighted by molar-refractivity contribution is 5.41. The summed E-state index contributed by atoms with van der Waals surface area (Å²) in [5.74, 6) is 0. The molecule has 0 aliphatic carbocycles. The zero-order valence-electron chi connectivity index (χ0n) is 7.77. The van der Waals surface area contributed by atoms with Crippen LogP contribution in [0.1, 0.15) is 11.1 Å². The minimum atomic E-state index is 0.785. The second-order valence-corrected chi connectivity index (χ2v) is 3.18. The molecule has 0 spiro atoms. The number of hydrogen-bond donors (Lipinski definition) is 1. The molecular weight excluding hydrogens is 172 g/mol. The largest absolute Gasteiger partial charge is 0.399 e. The summed E-state index contributed by atoms with van der Waals surface area (Å²) in [5.41, 5.74) is 8.80. The van der Waals surface area contributed by atoms with E-state index in [-0.39, 0.29) is 0 Å². The Balaban J connectivity index is 2.19. The zero-order chi connectivity index (χ0) is 9.80. The quantitative estimate of drug-likeness (QED) is 0.724. The fourth-order valence-corrected chi connectivity index (χ4v) is 1.36. The molecule has 0 saturated carbocycles. The molecule has 69 valence electrons. The summed E-state index contributed by atoms with van der Waals surface area (Å²) in [6, 6.07) is 12.8. The normalized spacial score (nSPS) is 10.0. The van der Waals surface area contributed by atoms with Crippen molar-refractivity contribution in [2.75, 3.05) is 5.73 Å². The van der Waals surface area contributed by atoms with Crippen molar-refractivity contribution in [3.8, 4) is 0 Å². The van der Waals surface area contributed by atoms with E-state index in [4.69, 9.17) is 5.73 Å². The van der Waals surface area contributed by atoms with E-state index >= 15 is 0 Å². The standard InChI is InChI=1S/C12H11N2/c13-12-3-1-2-11(9-12)8-10-4-6-14-7-5-10/h1,3-7,9H,8,13H2. The maximum Gasteiger partial charge on any atom is 0.0317 e. The number of anilines is 1. The lowest BCUT2D eigenvalue weighted by atomic mass is 10.1. The fraction of sp³-hybridized carbons (Fsp3) is 0.0833. The lowest BCUT2D eigenvalue weighted by molar-refractivity contribution is 1.16. The molecule has 0 aliphatic heterocycles. The third-order valence-electron chi connectivity index (χ3n) is 2.03.